The maximum absolute atomic E-state index is 12.4. The highest BCUT2D eigenvalue weighted by Crippen LogP contribution is 2.28. The highest BCUT2D eigenvalue weighted by atomic mass is 16.5. The lowest BCUT2D eigenvalue weighted by atomic mass is 10.1. The summed E-state index contributed by atoms with van der Waals surface area (Å²) in [6, 6.07) is 23.5. The summed E-state index contributed by atoms with van der Waals surface area (Å²) in [5.41, 5.74) is 3.96. The number of carbonyl (C=O) groups excluding carboxylic acids is 1. The third-order valence-electron chi connectivity index (χ3n) is 5.56. The van der Waals surface area contributed by atoms with Crippen LogP contribution in [-0.2, 0) is 24.3 Å². The van der Waals surface area contributed by atoms with Crippen LogP contribution in [-0.4, -0.2) is 29.2 Å². The summed E-state index contributed by atoms with van der Waals surface area (Å²) in [4.78, 5) is 17.1. The van der Waals surface area contributed by atoms with Gasteiger partial charge >= 0.3 is 0 Å². The SMILES string of the molecule is C=CCc1ccc(OCCn2c(CNC(=O)/C=C\c3ccccc3)nc3ccccc32)c(OC)c1. The molecular weight excluding hydrogens is 438 g/mol. The van der Waals surface area contributed by atoms with Crippen molar-refractivity contribution in [1.29, 1.82) is 0 Å². The average Bonchev–Trinajstić information content (AvgIpc) is 3.25. The van der Waals surface area contributed by atoms with Crippen molar-refractivity contribution in [2.24, 2.45) is 0 Å². The first kappa shape index (κ1) is 23.8. The summed E-state index contributed by atoms with van der Waals surface area (Å²) in [7, 11) is 1.64. The summed E-state index contributed by atoms with van der Waals surface area (Å²) < 4.78 is 13.6. The maximum Gasteiger partial charge on any atom is 0.244 e. The second-order valence-corrected chi connectivity index (χ2v) is 7.96. The Labute approximate surface area is 205 Å². The molecule has 0 unspecified atom stereocenters. The van der Waals surface area contributed by atoms with Crippen molar-refractivity contribution in [3.8, 4) is 11.5 Å². The summed E-state index contributed by atoms with van der Waals surface area (Å²) in [6.07, 6.45) is 5.96. The number of hydrogen-bond acceptors (Lipinski definition) is 4. The first-order valence-corrected chi connectivity index (χ1v) is 11.5. The standard InChI is InChI=1S/C29H29N3O3/c1-3-9-23-14-16-26(27(20-23)34-2)35-19-18-32-25-13-8-7-12-24(25)31-28(32)21-30-29(33)17-15-22-10-5-4-6-11-22/h3-8,10-17,20H,1,9,18-19,21H2,2H3,(H,30,33)/b17-15-. The lowest BCUT2D eigenvalue weighted by Crippen LogP contribution is -2.23. The van der Waals surface area contributed by atoms with Gasteiger partial charge in [-0.3, -0.25) is 4.79 Å². The maximum atomic E-state index is 12.4. The van der Waals surface area contributed by atoms with E-state index in [9.17, 15) is 4.79 Å². The molecule has 0 aliphatic rings. The third-order valence-corrected chi connectivity index (χ3v) is 5.56. The molecule has 0 atom stereocenters. The van der Waals surface area contributed by atoms with Crippen molar-refractivity contribution >= 4 is 23.0 Å². The fourth-order valence-corrected chi connectivity index (χ4v) is 3.84. The van der Waals surface area contributed by atoms with Crippen molar-refractivity contribution < 1.29 is 14.3 Å². The minimum absolute atomic E-state index is 0.173. The van der Waals surface area contributed by atoms with Gasteiger partial charge in [-0.15, -0.1) is 6.58 Å². The van der Waals surface area contributed by atoms with Gasteiger partial charge in [-0.2, -0.15) is 0 Å². The molecule has 1 aromatic heterocycles. The fraction of sp³-hybridized carbons (Fsp3) is 0.172. The predicted molar refractivity (Wildman–Crippen MR) is 139 cm³/mol. The van der Waals surface area contributed by atoms with Crippen molar-refractivity contribution in [1.82, 2.24) is 14.9 Å². The van der Waals surface area contributed by atoms with Crippen molar-refractivity contribution in [2.75, 3.05) is 13.7 Å². The zero-order valence-corrected chi connectivity index (χ0v) is 19.8. The molecule has 0 fully saturated rings. The van der Waals surface area contributed by atoms with Crippen molar-refractivity contribution in [2.45, 2.75) is 19.5 Å². The molecule has 178 valence electrons. The second kappa shape index (κ2) is 11.7. The average molecular weight is 468 g/mol. The Hall–Kier alpha value is -4.32. The number of benzene rings is 3. The minimum Gasteiger partial charge on any atom is -0.493 e. The molecule has 0 aliphatic heterocycles. The number of nitrogens with one attached hydrogen (secondary N) is 1. The van der Waals surface area contributed by atoms with Crippen LogP contribution in [0.5, 0.6) is 11.5 Å². The Morgan fingerprint density at radius 2 is 1.86 bits per heavy atom. The van der Waals surface area contributed by atoms with Gasteiger partial charge in [0.2, 0.25) is 5.91 Å². The van der Waals surface area contributed by atoms with Crippen LogP contribution >= 0.6 is 0 Å². The first-order chi connectivity index (χ1) is 17.2. The number of amides is 1. The quantitative estimate of drug-likeness (QED) is 0.244. The Bertz CT molecular complexity index is 1330. The zero-order valence-electron chi connectivity index (χ0n) is 19.8. The van der Waals surface area contributed by atoms with E-state index in [1.165, 1.54) is 6.08 Å². The number of carbonyl (C=O) groups is 1. The van der Waals surface area contributed by atoms with Gasteiger partial charge in [0.25, 0.3) is 0 Å². The smallest absolute Gasteiger partial charge is 0.244 e. The van der Waals surface area contributed by atoms with Gasteiger partial charge in [-0.25, -0.2) is 4.98 Å². The van der Waals surface area contributed by atoms with Gasteiger partial charge in [0.1, 0.15) is 12.4 Å². The van der Waals surface area contributed by atoms with Crippen LogP contribution in [0, 0.1) is 0 Å². The zero-order chi connectivity index (χ0) is 24.5. The molecule has 6 nitrogen and oxygen atoms in total. The van der Waals surface area contributed by atoms with E-state index in [4.69, 9.17) is 14.5 Å². The Morgan fingerprint density at radius 3 is 2.66 bits per heavy atom. The van der Waals surface area contributed by atoms with E-state index in [2.05, 4.69) is 16.5 Å². The van der Waals surface area contributed by atoms with Crippen LogP contribution in [0.3, 0.4) is 0 Å². The monoisotopic (exact) mass is 467 g/mol. The molecule has 0 saturated carbocycles. The number of rotatable bonds is 11. The van der Waals surface area contributed by atoms with E-state index in [1.54, 1.807) is 13.2 Å². The van der Waals surface area contributed by atoms with Gasteiger partial charge in [0, 0.05) is 6.08 Å². The number of methoxy groups -OCH3 is 1. The third kappa shape index (κ3) is 6.18. The lowest BCUT2D eigenvalue weighted by molar-refractivity contribution is -0.116. The summed E-state index contributed by atoms with van der Waals surface area (Å²) >= 11 is 0. The van der Waals surface area contributed by atoms with Crippen molar-refractivity contribution in [3.63, 3.8) is 0 Å². The number of fused-ring (bicyclic) bond motifs is 1. The Balaban J connectivity index is 1.44. The highest BCUT2D eigenvalue weighted by molar-refractivity contribution is 5.91. The van der Waals surface area contributed by atoms with Crippen LogP contribution < -0.4 is 14.8 Å². The second-order valence-electron chi connectivity index (χ2n) is 7.96. The summed E-state index contributed by atoms with van der Waals surface area (Å²) in [5.74, 6) is 1.97. The Morgan fingerprint density at radius 1 is 1.06 bits per heavy atom. The van der Waals surface area contributed by atoms with Gasteiger partial charge < -0.3 is 19.4 Å². The number of hydrogen-bond donors (Lipinski definition) is 1. The van der Waals surface area contributed by atoms with Gasteiger partial charge in [-0.1, -0.05) is 54.6 Å². The Kier molecular flexibility index (Phi) is 7.96. The summed E-state index contributed by atoms with van der Waals surface area (Å²) in [6.45, 7) is 5.09. The number of nitrogens with zero attached hydrogens (tertiary/aromatic N) is 2. The molecule has 1 amide bonds. The lowest BCUT2D eigenvalue weighted by Gasteiger charge is -2.14. The van der Waals surface area contributed by atoms with Gasteiger partial charge in [0.15, 0.2) is 11.5 Å². The fourth-order valence-electron chi connectivity index (χ4n) is 3.84. The molecule has 1 N–H and O–H groups in total. The molecule has 4 aromatic rings. The number of allylic oxidation sites excluding steroid dienone is 1. The van der Waals surface area contributed by atoms with Gasteiger partial charge in [0.05, 0.1) is 31.2 Å². The normalized spacial score (nSPS) is 11.0. The minimum atomic E-state index is -0.173. The molecule has 0 aliphatic carbocycles. The molecule has 0 radical (unpaired) electrons. The molecule has 0 bridgehead atoms. The van der Waals surface area contributed by atoms with Crippen LogP contribution in [0.4, 0.5) is 0 Å². The molecule has 1 heterocycles. The summed E-state index contributed by atoms with van der Waals surface area (Å²) in [5, 5.41) is 2.94. The van der Waals surface area contributed by atoms with E-state index in [0.29, 0.717) is 31.2 Å². The van der Waals surface area contributed by atoms with Crippen LogP contribution in [0.1, 0.15) is 17.0 Å². The van der Waals surface area contributed by atoms with E-state index in [1.807, 2.05) is 78.9 Å². The first-order valence-electron chi connectivity index (χ1n) is 11.5. The highest BCUT2D eigenvalue weighted by Gasteiger charge is 2.12. The van der Waals surface area contributed by atoms with E-state index < -0.39 is 0 Å². The van der Waals surface area contributed by atoms with E-state index in [0.717, 1.165) is 34.4 Å². The topological polar surface area (TPSA) is 65.4 Å². The number of imidazole rings is 1. The molecule has 3 aromatic carbocycles. The molecule has 0 spiro atoms. The largest absolute Gasteiger partial charge is 0.493 e. The van der Waals surface area contributed by atoms with E-state index >= 15 is 0 Å². The molecule has 0 saturated heterocycles. The van der Waals surface area contributed by atoms with Crippen LogP contribution in [0.2, 0.25) is 0 Å². The van der Waals surface area contributed by atoms with Gasteiger partial charge in [-0.05, 0) is 47.9 Å². The number of aromatic nitrogens is 2. The van der Waals surface area contributed by atoms with E-state index in [-0.39, 0.29) is 5.91 Å². The van der Waals surface area contributed by atoms with Crippen LogP contribution in [0.15, 0.2) is 91.5 Å². The number of ether oxygens (including phenoxy) is 2. The molecule has 35 heavy (non-hydrogen) atoms. The molecule has 6 heteroatoms. The van der Waals surface area contributed by atoms with Crippen molar-refractivity contribution in [3.05, 3.63) is 108 Å². The van der Waals surface area contributed by atoms with Crippen LogP contribution in [0.25, 0.3) is 17.1 Å². The number of para-hydroxylation sites is 2. The molecule has 4 rings (SSSR count). The molecular formula is C29H29N3O3. The predicted octanol–water partition coefficient (Wildman–Crippen LogP) is 5.18.